The average Bonchev–Trinajstić information content (AvgIpc) is 2.31. The fourth-order valence-electron chi connectivity index (χ4n) is 1.72. The van der Waals surface area contributed by atoms with Crippen LogP contribution in [0.5, 0.6) is 0 Å². The van der Waals surface area contributed by atoms with Crippen molar-refractivity contribution in [1.82, 2.24) is 10.2 Å². The highest BCUT2D eigenvalue weighted by Gasteiger charge is 2.21. The summed E-state index contributed by atoms with van der Waals surface area (Å²) in [5, 5.41) is 4.44. The SMILES string of the molecule is CCC(NCC(C)(C)N(C)C)c1ccc(Cl)cc1. The summed E-state index contributed by atoms with van der Waals surface area (Å²) in [7, 11) is 4.23. The van der Waals surface area contributed by atoms with Gasteiger partial charge in [-0.25, -0.2) is 0 Å². The topological polar surface area (TPSA) is 15.3 Å². The minimum atomic E-state index is 0.153. The monoisotopic (exact) mass is 268 g/mol. The van der Waals surface area contributed by atoms with Crippen LogP contribution in [0.25, 0.3) is 0 Å². The maximum Gasteiger partial charge on any atom is 0.0406 e. The zero-order valence-electron chi connectivity index (χ0n) is 12.1. The molecule has 1 unspecified atom stereocenters. The van der Waals surface area contributed by atoms with Gasteiger partial charge in [0.05, 0.1) is 0 Å². The van der Waals surface area contributed by atoms with Crippen molar-refractivity contribution in [3.05, 3.63) is 34.9 Å². The quantitative estimate of drug-likeness (QED) is 0.846. The van der Waals surface area contributed by atoms with Crippen molar-refractivity contribution in [3.63, 3.8) is 0 Å². The molecule has 0 heterocycles. The third-order valence-electron chi connectivity index (χ3n) is 3.67. The maximum atomic E-state index is 5.92. The first-order valence-electron chi connectivity index (χ1n) is 6.53. The smallest absolute Gasteiger partial charge is 0.0406 e. The minimum absolute atomic E-state index is 0.153. The molecule has 102 valence electrons. The predicted octanol–water partition coefficient (Wildman–Crippen LogP) is 3.72. The van der Waals surface area contributed by atoms with Gasteiger partial charge in [-0.1, -0.05) is 30.7 Å². The van der Waals surface area contributed by atoms with Gasteiger partial charge in [-0.2, -0.15) is 0 Å². The average molecular weight is 269 g/mol. The van der Waals surface area contributed by atoms with Gasteiger partial charge >= 0.3 is 0 Å². The van der Waals surface area contributed by atoms with Gasteiger partial charge in [0.15, 0.2) is 0 Å². The normalized spacial score (nSPS) is 13.9. The van der Waals surface area contributed by atoms with E-state index in [0.717, 1.165) is 18.0 Å². The summed E-state index contributed by atoms with van der Waals surface area (Å²) in [6, 6.07) is 8.51. The molecule has 0 saturated heterocycles. The number of nitrogens with zero attached hydrogens (tertiary/aromatic N) is 1. The lowest BCUT2D eigenvalue weighted by Crippen LogP contribution is -2.47. The number of halogens is 1. The van der Waals surface area contributed by atoms with Gasteiger partial charge in [-0.3, -0.25) is 0 Å². The maximum absolute atomic E-state index is 5.92. The zero-order chi connectivity index (χ0) is 13.8. The van der Waals surface area contributed by atoms with Gasteiger partial charge in [0, 0.05) is 23.1 Å². The second-order valence-corrected chi connectivity index (χ2v) is 6.04. The molecule has 1 atom stereocenters. The fraction of sp³-hybridized carbons (Fsp3) is 0.600. The zero-order valence-corrected chi connectivity index (χ0v) is 12.9. The molecule has 3 heteroatoms. The van der Waals surface area contributed by atoms with Gasteiger partial charge in [-0.15, -0.1) is 0 Å². The summed E-state index contributed by atoms with van der Waals surface area (Å²) in [6.07, 6.45) is 1.07. The molecule has 0 spiro atoms. The first-order chi connectivity index (χ1) is 8.36. The van der Waals surface area contributed by atoms with E-state index in [2.05, 4.69) is 57.2 Å². The van der Waals surface area contributed by atoms with E-state index in [4.69, 9.17) is 11.6 Å². The lowest BCUT2D eigenvalue weighted by Gasteiger charge is -2.34. The van der Waals surface area contributed by atoms with Crippen LogP contribution in [0.3, 0.4) is 0 Å². The molecule has 1 rings (SSSR count). The van der Waals surface area contributed by atoms with E-state index in [9.17, 15) is 0 Å². The molecule has 0 saturated carbocycles. The Labute approximate surface area is 116 Å². The van der Waals surface area contributed by atoms with E-state index in [0.29, 0.717) is 6.04 Å². The molecule has 0 radical (unpaired) electrons. The molecule has 1 aromatic carbocycles. The third-order valence-corrected chi connectivity index (χ3v) is 3.92. The molecule has 1 aromatic rings. The minimum Gasteiger partial charge on any atom is -0.308 e. The summed E-state index contributed by atoms with van der Waals surface area (Å²) in [6.45, 7) is 7.65. The second kappa shape index (κ2) is 6.55. The highest BCUT2D eigenvalue weighted by Crippen LogP contribution is 2.20. The van der Waals surface area contributed by atoms with Gasteiger partial charge in [0.25, 0.3) is 0 Å². The Bertz CT molecular complexity index is 357. The lowest BCUT2D eigenvalue weighted by atomic mass is 10.0. The van der Waals surface area contributed by atoms with Crippen molar-refractivity contribution in [1.29, 1.82) is 0 Å². The van der Waals surface area contributed by atoms with Crippen molar-refractivity contribution in [2.75, 3.05) is 20.6 Å². The van der Waals surface area contributed by atoms with Crippen molar-refractivity contribution in [2.45, 2.75) is 38.8 Å². The molecule has 0 aliphatic rings. The first-order valence-corrected chi connectivity index (χ1v) is 6.91. The van der Waals surface area contributed by atoms with E-state index in [1.807, 2.05) is 12.1 Å². The molecular weight excluding hydrogens is 244 g/mol. The Morgan fingerprint density at radius 1 is 1.22 bits per heavy atom. The molecule has 18 heavy (non-hydrogen) atoms. The van der Waals surface area contributed by atoms with Crippen LogP contribution in [0, 0.1) is 0 Å². The number of hydrogen-bond donors (Lipinski definition) is 1. The lowest BCUT2D eigenvalue weighted by molar-refractivity contribution is 0.183. The van der Waals surface area contributed by atoms with Gasteiger partial charge < -0.3 is 10.2 Å². The molecule has 0 bridgehead atoms. The van der Waals surface area contributed by atoms with E-state index in [1.165, 1.54) is 5.56 Å². The summed E-state index contributed by atoms with van der Waals surface area (Å²) in [4.78, 5) is 2.24. The third kappa shape index (κ3) is 4.27. The van der Waals surface area contributed by atoms with Crippen LogP contribution in [0.2, 0.25) is 5.02 Å². The highest BCUT2D eigenvalue weighted by molar-refractivity contribution is 6.30. The molecule has 2 nitrogen and oxygen atoms in total. The van der Waals surface area contributed by atoms with E-state index in [1.54, 1.807) is 0 Å². The summed E-state index contributed by atoms with van der Waals surface area (Å²) < 4.78 is 0. The number of nitrogens with one attached hydrogen (secondary N) is 1. The van der Waals surface area contributed by atoms with Crippen LogP contribution in [0.15, 0.2) is 24.3 Å². The second-order valence-electron chi connectivity index (χ2n) is 5.60. The van der Waals surface area contributed by atoms with E-state index in [-0.39, 0.29) is 5.54 Å². The summed E-state index contributed by atoms with van der Waals surface area (Å²) >= 11 is 5.92. The highest BCUT2D eigenvalue weighted by atomic mass is 35.5. The van der Waals surface area contributed by atoms with Crippen molar-refractivity contribution in [2.24, 2.45) is 0 Å². The number of benzene rings is 1. The first kappa shape index (κ1) is 15.5. The summed E-state index contributed by atoms with van der Waals surface area (Å²) in [5.74, 6) is 0. The number of likely N-dealkylation sites (N-methyl/N-ethyl adjacent to an activating group) is 1. The molecule has 0 fully saturated rings. The molecule has 0 amide bonds. The summed E-state index contributed by atoms with van der Waals surface area (Å²) in [5.41, 5.74) is 1.45. The van der Waals surface area contributed by atoms with Crippen LogP contribution in [0.4, 0.5) is 0 Å². The van der Waals surface area contributed by atoms with Crippen LogP contribution in [-0.4, -0.2) is 31.1 Å². The molecule has 1 N–H and O–H groups in total. The van der Waals surface area contributed by atoms with Crippen molar-refractivity contribution >= 4 is 11.6 Å². The Kier molecular flexibility index (Phi) is 5.64. The van der Waals surface area contributed by atoms with Crippen molar-refractivity contribution in [3.8, 4) is 0 Å². The predicted molar refractivity (Wildman–Crippen MR) is 80.3 cm³/mol. The Morgan fingerprint density at radius 2 is 1.78 bits per heavy atom. The molecular formula is C15H25ClN2. The van der Waals surface area contributed by atoms with E-state index < -0.39 is 0 Å². The van der Waals surface area contributed by atoms with Gasteiger partial charge in [0.1, 0.15) is 0 Å². The van der Waals surface area contributed by atoms with Gasteiger partial charge in [-0.05, 0) is 52.1 Å². The number of hydrogen-bond acceptors (Lipinski definition) is 2. The molecule has 0 aromatic heterocycles. The van der Waals surface area contributed by atoms with Crippen LogP contribution in [-0.2, 0) is 0 Å². The van der Waals surface area contributed by atoms with Gasteiger partial charge in [0.2, 0.25) is 0 Å². The molecule has 0 aliphatic carbocycles. The van der Waals surface area contributed by atoms with Crippen LogP contribution < -0.4 is 5.32 Å². The standard InChI is InChI=1S/C15H25ClN2/c1-6-14(12-7-9-13(16)10-8-12)17-11-15(2,3)18(4)5/h7-10,14,17H,6,11H2,1-5H3. The van der Waals surface area contributed by atoms with Crippen LogP contribution >= 0.6 is 11.6 Å². The molecule has 0 aliphatic heterocycles. The van der Waals surface area contributed by atoms with Crippen LogP contribution in [0.1, 0.15) is 38.8 Å². The Hall–Kier alpha value is -0.570. The number of rotatable bonds is 6. The van der Waals surface area contributed by atoms with E-state index >= 15 is 0 Å². The fourth-order valence-corrected chi connectivity index (χ4v) is 1.85. The Morgan fingerprint density at radius 3 is 2.22 bits per heavy atom. The van der Waals surface area contributed by atoms with Crippen molar-refractivity contribution < 1.29 is 0 Å². The Balaban J connectivity index is 2.66. The largest absolute Gasteiger partial charge is 0.308 e.